The van der Waals surface area contributed by atoms with Crippen molar-refractivity contribution in [3.63, 3.8) is 0 Å². The second kappa shape index (κ2) is 50.2. The quantitative estimate of drug-likeness (QED) is 0.0261. The molecule has 0 aromatic carbocycles. The number of carbonyl (C=O) groups is 1. The highest BCUT2D eigenvalue weighted by Gasteiger charge is 2.44. The van der Waals surface area contributed by atoms with Gasteiger partial charge >= 0.3 is 0 Å². The number of amides is 1. The molecule has 0 bridgehead atoms. The highest BCUT2D eigenvalue weighted by Crippen LogP contribution is 2.23. The summed E-state index contributed by atoms with van der Waals surface area (Å²) in [5.41, 5.74) is 0. The van der Waals surface area contributed by atoms with E-state index in [1.807, 2.05) is 0 Å². The van der Waals surface area contributed by atoms with Crippen molar-refractivity contribution < 1.29 is 39.8 Å². The maximum Gasteiger partial charge on any atom is 0.220 e. The van der Waals surface area contributed by atoms with Gasteiger partial charge in [-0.3, -0.25) is 4.79 Å². The first-order valence-corrected chi connectivity index (χ1v) is 30.0. The molecule has 0 radical (unpaired) electrons. The van der Waals surface area contributed by atoms with Crippen molar-refractivity contribution in [2.75, 3.05) is 13.2 Å². The zero-order valence-corrected chi connectivity index (χ0v) is 45.3. The van der Waals surface area contributed by atoms with Gasteiger partial charge in [-0.2, -0.15) is 0 Å². The number of hydrogen-bond acceptors (Lipinski definition) is 8. The Morgan fingerprint density at radius 3 is 1.32 bits per heavy atom. The third kappa shape index (κ3) is 39.8. The van der Waals surface area contributed by atoms with Gasteiger partial charge < -0.3 is 40.3 Å². The maximum atomic E-state index is 13.1. The summed E-state index contributed by atoms with van der Waals surface area (Å²) in [4.78, 5) is 13.1. The van der Waals surface area contributed by atoms with Crippen LogP contribution in [0.5, 0.6) is 0 Å². The zero-order valence-electron chi connectivity index (χ0n) is 45.3. The predicted molar refractivity (Wildman–Crippen MR) is 290 cm³/mol. The molecule has 69 heavy (non-hydrogen) atoms. The summed E-state index contributed by atoms with van der Waals surface area (Å²) in [5.74, 6) is -0.140. The number of unbranched alkanes of at least 4 members (excludes halogenated alkanes) is 38. The Morgan fingerprint density at radius 2 is 0.899 bits per heavy atom. The summed E-state index contributed by atoms with van der Waals surface area (Å²) in [5, 5.41) is 54.8. The molecular formula is C60H115NO8. The molecule has 0 aliphatic carbocycles. The van der Waals surface area contributed by atoms with Crippen molar-refractivity contribution >= 4 is 5.91 Å². The average molecular weight is 979 g/mol. The molecule has 0 aromatic rings. The highest BCUT2D eigenvalue weighted by atomic mass is 16.7. The second-order valence-corrected chi connectivity index (χ2v) is 21.1. The fourth-order valence-electron chi connectivity index (χ4n) is 9.85. The fourth-order valence-corrected chi connectivity index (χ4v) is 9.85. The van der Waals surface area contributed by atoms with E-state index < -0.39 is 49.5 Å². The number of rotatable bonds is 52. The molecule has 1 fully saturated rings. The molecule has 7 atom stereocenters. The SMILES string of the molecule is CC/C=C\C/C=C\CCCCCCCCCCCCCCCCC(=O)NC(COC1OC(CO)C(O)C(O)C1O)C(O)CCCCCCCCCCCCCCCCCCCCCCCCCCC. The number of ether oxygens (including phenoxy) is 2. The van der Waals surface area contributed by atoms with E-state index in [1.54, 1.807) is 0 Å². The van der Waals surface area contributed by atoms with Gasteiger partial charge in [0, 0.05) is 6.42 Å². The molecular weight excluding hydrogens is 863 g/mol. The lowest BCUT2D eigenvalue weighted by molar-refractivity contribution is -0.302. The van der Waals surface area contributed by atoms with Crippen molar-refractivity contribution in [2.24, 2.45) is 0 Å². The lowest BCUT2D eigenvalue weighted by Gasteiger charge is -2.40. The molecule has 1 aliphatic heterocycles. The first-order chi connectivity index (χ1) is 33.8. The molecule has 408 valence electrons. The normalized spacial score (nSPS) is 19.6. The van der Waals surface area contributed by atoms with Crippen molar-refractivity contribution in [3.05, 3.63) is 24.3 Å². The monoisotopic (exact) mass is 978 g/mol. The van der Waals surface area contributed by atoms with Gasteiger partial charge in [-0.15, -0.1) is 0 Å². The largest absolute Gasteiger partial charge is 0.394 e. The smallest absolute Gasteiger partial charge is 0.220 e. The molecule has 6 N–H and O–H groups in total. The lowest BCUT2D eigenvalue weighted by Crippen LogP contribution is -2.60. The average Bonchev–Trinajstić information content (AvgIpc) is 3.35. The van der Waals surface area contributed by atoms with Gasteiger partial charge in [0.2, 0.25) is 5.91 Å². The summed E-state index contributed by atoms with van der Waals surface area (Å²) < 4.78 is 11.3. The Morgan fingerprint density at radius 1 is 0.507 bits per heavy atom. The summed E-state index contributed by atoms with van der Waals surface area (Å²) >= 11 is 0. The van der Waals surface area contributed by atoms with Gasteiger partial charge in [0.05, 0.1) is 25.4 Å². The van der Waals surface area contributed by atoms with Crippen LogP contribution in [0, 0.1) is 0 Å². The van der Waals surface area contributed by atoms with Gasteiger partial charge in [-0.1, -0.05) is 276 Å². The number of aliphatic hydroxyl groups is 5. The van der Waals surface area contributed by atoms with Crippen molar-refractivity contribution in [3.8, 4) is 0 Å². The Kier molecular flexibility index (Phi) is 47.8. The first-order valence-electron chi connectivity index (χ1n) is 30.0. The van der Waals surface area contributed by atoms with E-state index in [2.05, 4.69) is 43.5 Å². The fraction of sp³-hybridized carbons (Fsp3) is 0.917. The molecule has 0 aromatic heterocycles. The van der Waals surface area contributed by atoms with Gasteiger partial charge in [-0.05, 0) is 38.5 Å². The molecule has 1 saturated heterocycles. The number of carbonyl (C=O) groups excluding carboxylic acids is 1. The van der Waals surface area contributed by atoms with Crippen molar-refractivity contribution in [2.45, 2.75) is 339 Å². The Balaban J connectivity index is 2.17. The van der Waals surface area contributed by atoms with E-state index >= 15 is 0 Å². The summed E-state index contributed by atoms with van der Waals surface area (Å²) in [6.07, 6.45) is 56.4. The molecule has 1 heterocycles. The third-order valence-corrected chi connectivity index (χ3v) is 14.6. The predicted octanol–water partition coefficient (Wildman–Crippen LogP) is 15.0. The van der Waals surface area contributed by atoms with E-state index in [4.69, 9.17) is 9.47 Å². The second-order valence-electron chi connectivity index (χ2n) is 21.1. The third-order valence-electron chi connectivity index (χ3n) is 14.6. The van der Waals surface area contributed by atoms with Gasteiger partial charge in [0.25, 0.3) is 0 Å². The molecule has 1 rings (SSSR count). The molecule has 9 nitrogen and oxygen atoms in total. The van der Waals surface area contributed by atoms with Crippen LogP contribution in [0.1, 0.15) is 296 Å². The van der Waals surface area contributed by atoms with Crippen LogP contribution < -0.4 is 5.32 Å². The van der Waals surface area contributed by atoms with Gasteiger partial charge in [-0.25, -0.2) is 0 Å². The standard InChI is InChI=1S/C60H115NO8/c1-3-5-7-9-11-13-15-17-19-21-23-25-26-27-28-30-31-33-35-37-39-41-43-45-47-49-54(63)53(52-68-60-59(67)58(66)57(65)55(51-62)69-60)61-56(64)50-48-46-44-42-40-38-36-34-32-29-24-22-20-18-16-14-12-10-8-6-4-2/h6,8,12,14,53-55,57-60,62-63,65-67H,3-5,7,9-11,13,15-52H2,1-2H3,(H,61,64)/b8-6-,14-12-. The van der Waals surface area contributed by atoms with Crippen LogP contribution in [0.3, 0.4) is 0 Å². The van der Waals surface area contributed by atoms with E-state index in [1.165, 1.54) is 218 Å². The zero-order chi connectivity index (χ0) is 50.1. The number of allylic oxidation sites excluding steroid dienone is 4. The molecule has 9 heteroatoms. The van der Waals surface area contributed by atoms with Crippen LogP contribution >= 0.6 is 0 Å². The number of aliphatic hydroxyl groups excluding tert-OH is 5. The number of nitrogens with one attached hydrogen (secondary N) is 1. The van der Waals surface area contributed by atoms with Crippen molar-refractivity contribution in [1.82, 2.24) is 5.32 Å². The maximum absolute atomic E-state index is 13.1. The van der Waals surface area contributed by atoms with E-state index in [0.29, 0.717) is 12.8 Å². The topological polar surface area (TPSA) is 149 Å². The molecule has 7 unspecified atom stereocenters. The minimum absolute atomic E-state index is 0.134. The van der Waals surface area contributed by atoms with E-state index in [0.717, 1.165) is 51.4 Å². The minimum Gasteiger partial charge on any atom is -0.394 e. The highest BCUT2D eigenvalue weighted by molar-refractivity contribution is 5.76. The summed E-state index contributed by atoms with van der Waals surface area (Å²) in [6, 6.07) is -0.718. The van der Waals surface area contributed by atoms with E-state index in [-0.39, 0.29) is 12.5 Å². The Labute approximate surface area is 426 Å². The van der Waals surface area contributed by atoms with Crippen LogP contribution in [-0.4, -0.2) is 87.5 Å². The summed E-state index contributed by atoms with van der Waals surface area (Å²) in [7, 11) is 0. The number of hydrogen-bond donors (Lipinski definition) is 6. The lowest BCUT2D eigenvalue weighted by atomic mass is 9.99. The summed E-state index contributed by atoms with van der Waals surface area (Å²) in [6.45, 7) is 3.78. The van der Waals surface area contributed by atoms with Gasteiger partial charge in [0.15, 0.2) is 6.29 Å². The van der Waals surface area contributed by atoms with Crippen LogP contribution in [0.2, 0.25) is 0 Å². The van der Waals surface area contributed by atoms with Crippen LogP contribution in [0.25, 0.3) is 0 Å². The van der Waals surface area contributed by atoms with Crippen LogP contribution in [0.4, 0.5) is 0 Å². The first kappa shape index (κ1) is 65.7. The molecule has 1 amide bonds. The minimum atomic E-state index is -1.55. The van der Waals surface area contributed by atoms with Crippen LogP contribution in [-0.2, 0) is 14.3 Å². The van der Waals surface area contributed by atoms with Crippen molar-refractivity contribution in [1.29, 1.82) is 0 Å². The Hall–Kier alpha value is -1.33. The Bertz CT molecular complexity index is 1130. The van der Waals surface area contributed by atoms with Crippen LogP contribution in [0.15, 0.2) is 24.3 Å². The van der Waals surface area contributed by atoms with Gasteiger partial charge in [0.1, 0.15) is 24.4 Å². The molecule has 1 aliphatic rings. The molecule has 0 saturated carbocycles. The molecule has 0 spiro atoms. The van der Waals surface area contributed by atoms with E-state index in [9.17, 15) is 30.3 Å².